The second-order valence-electron chi connectivity index (χ2n) is 5.08. The van der Waals surface area contributed by atoms with Crippen molar-refractivity contribution >= 4 is 5.91 Å². The van der Waals surface area contributed by atoms with Gasteiger partial charge in [0.05, 0.1) is 6.42 Å². The van der Waals surface area contributed by atoms with E-state index in [0.717, 1.165) is 31.5 Å². The third-order valence-electron chi connectivity index (χ3n) is 3.76. The Kier molecular flexibility index (Phi) is 4.37. The molecule has 18 heavy (non-hydrogen) atoms. The van der Waals surface area contributed by atoms with Crippen LogP contribution in [0.2, 0.25) is 0 Å². The Morgan fingerprint density at radius 3 is 2.56 bits per heavy atom. The summed E-state index contributed by atoms with van der Waals surface area (Å²) in [6.45, 7) is 4.53. The van der Waals surface area contributed by atoms with Crippen molar-refractivity contribution in [3.05, 3.63) is 35.4 Å². The average Bonchev–Trinajstić information content (AvgIpc) is 2.88. The summed E-state index contributed by atoms with van der Waals surface area (Å²) in [7, 11) is 0. The van der Waals surface area contributed by atoms with E-state index in [-0.39, 0.29) is 5.91 Å². The van der Waals surface area contributed by atoms with E-state index in [1.54, 1.807) is 0 Å². The van der Waals surface area contributed by atoms with Crippen LogP contribution in [0, 0.1) is 5.92 Å². The molecule has 3 heteroatoms. The number of carbonyl (C=O) groups excluding carboxylic acids is 1. The highest BCUT2D eigenvalue weighted by molar-refractivity contribution is 5.79. The van der Waals surface area contributed by atoms with E-state index in [1.807, 2.05) is 4.90 Å². The summed E-state index contributed by atoms with van der Waals surface area (Å²) in [5, 5.41) is 0. The van der Waals surface area contributed by atoms with E-state index in [0.29, 0.717) is 18.9 Å². The molecule has 3 nitrogen and oxygen atoms in total. The van der Waals surface area contributed by atoms with Gasteiger partial charge in [-0.15, -0.1) is 0 Å². The summed E-state index contributed by atoms with van der Waals surface area (Å²) in [6, 6.07) is 8.34. The molecule has 2 rings (SSSR count). The lowest BCUT2D eigenvalue weighted by Crippen LogP contribution is -2.31. The molecular formula is C15H22N2O. The van der Waals surface area contributed by atoms with Gasteiger partial charge >= 0.3 is 0 Å². The van der Waals surface area contributed by atoms with Crippen molar-refractivity contribution in [3.63, 3.8) is 0 Å². The van der Waals surface area contributed by atoms with Crippen molar-refractivity contribution in [2.75, 3.05) is 19.6 Å². The standard InChI is InChI=1S/C15H22N2O/c1-2-12-3-5-13(6-4-12)9-15(18)17-8-7-14(10-16)11-17/h3-6,14H,2,7-11,16H2,1H3. The smallest absolute Gasteiger partial charge is 0.226 e. The van der Waals surface area contributed by atoms with Crippen LogP contribution >= 0.6 is 0 Å². The van der Waals surface area contributed by atoms with Gasteiger partial charge in [0.1, 0.15) is 0 Å². The quantitative estimate of drug-likeness (QED) is 0.877. The first-order valence-corrected chi connectivity index (χ1v) is 6.78. The molecular weight excluding hydrogens is 224 g/mol. The van der Waals surface area contributed by atoms with Crippen molar-refractivity contribution < 1.29 is 4.79 Å². The predicted octanol–water partition coefficient (Wildman–Crippen LogP) is 1.60. The Morgan fingerprint density at radius 2 is 2.00 bits per heavy atom. The van der Waals surface area contributed by atoms with Crippen molar-refractivity contribution in [2.24, 2.45) is 11.7 Å². The summed E-state index contributed by atoms with van der Waals surface area (Å²) < 4.78 is 0. The van der Waals surface area contributed by atoms with Crippen LogP contribution in [-0.2, 0) is 17.6 Å². The summed E-state index contributed by atoms with van der Waals surface area (Å²) in [4.78, 5) is 14.1. The van der Waals surface area contributed by atoms with Crippen LogP contribution in [0.25, 0.3) is 0 Å². The van der Waals surface area contributed by atoms with E-state index in [4.69, 9.17) is 5.73 Å². The molecule has 1 fully saturated rings. The molecule has 98 valence electrons. The summed E-state index contributed by atoms with van der Waals surface area (Å²) >= 11 is 0. The largest absolute Gasteiger partial charge is 0.342 e. The fraction of sp³-hybridized carbons (Fsp3) is 0.533. The van der Waals surface area contributed by atoms with E-state index >= 15 is 0 Å². The maximum Gasteiger partial charge on any atom is 0.226 e. The zero-order valence-corrected chi connectivity index (χ0v) is 11.1. The summed E-state index contributed by atoms with van der Waals surface area (Å²) in [5.41, 5.74) is 8.06. The van der Waals surface area contributed by atoms with Crippen LogP contribution in [-0.4, -0.2) is 30.4 Å². The zero-order chi connectivity index (χ0) is 13.0. The van der Waals surface area contributed by atoms with Gasteiger partial charge in [0.15, 0.2) is 0 Å². The minimum absolute atomic E-state index is 0.232. The molecule has 0 bridgehead atoms. The van der Waals surface area contributed by atoms with Crippen molar-refractivity contribution in [2.45, 2.75) is 26.2 Å². The van der Waals surface area contributed by atoms with E-state index < -0.39 is 0 Å². The lowest BCUT2D eigenvalue weighted by molar-refractivity contribution is -0.129. The number of rotatable bonds is 4. The van der Waals surface area contributed by atoms with Crippen LogP contribution in [0.1, 0.15) is 24.5 Å². The number of nitrogens with zero attached hydrogens (tertiary/aromatic N) is 1. The molecule has 0 saturated carbocycles. The second kappa shape index (κ2) is 6.01. The minimum atomic E-state index is 0.232. The molecule has 1 aromatic carbocycles. The molecule has 1 amide bonds. The third kappa shape index (κ3) is 3.10. The van der Waals surface area contributed by atoms with E-state index in [1.165, 1.54) is 5.56 Å². The van der Waals surface area contributed by atoms with Gasteiger partial charge in [0, 0.05) is 13.1 Å². The maximum atomic E-state index is 12.1. The molecule has 1 aromatic rings. The number of hydrogen-bond donors (Lipinski definition) is 1. The molecule has 1 heterocycles. The van der Waals surface area contributed by atoms with Crippen molar-refractivity contribution in [1.29, 1.82) is 0 Å². The Morgan fingerprint density at radius 1 is 1.33 bits per heavy atom. The first-order valence-electron chi connectivity index (χ1n) is 6.78. The lowest BCUT2D eigenvalue weighted by atomic mass is 10.1. The number of hydrogen-bond acceptors (Lipinski definition) is 2. The Balaban J connectivity index is 1.90. The SMILES string of the molecule is CCc1ccc(CC(=O)N2CCC(CN)C2)cc1. The highest BCUT2D eigenvalue weighted by Gasteiger charge is 2.24. The molecule has 0 spiro atoms. The van der Waals surface area contributed by atoms with Crippen LogP contribution < -0.4 is 5.73 Å². The van der Waals surface area contributed by atoms with Gasteiger partial charge in [0.25, 0.3) is 0 Å². The van der Waals surface area contributed by atoms with Gasteiger partial charge in [0.2, 0.25) is 5.91 Å². The molecule has 1 aliphatic rings. The maximum absolute atomic E-state index is 12.1. The first kappa shape index (κ1) is 13.1. The molecule has 0 aromatic heterocycles. The highest BCUT2D eigenvalue weighted by Crippen LogP contribution is 2.16. The summed E-state index contributed by atoms with van der Waals surface area (Å²) in [5.74, 6) is 0.728. The first-order chi connectivity index (χ1) is 8.72. The van der Waals surface area contributed by atoms with Crippen LogP contribution in [0.15, 0.2) is 24.3 Å². The number of nitrogens with two attached hydrogens (primary N) is 1. The third-order valence-corrected chi connectivity index (χ3v) is 3.76. The van der Waals surface area contributed by atoms with Crippen molar-refractivity contribution in [3.8, 4) is 0 Å². The van der Waals surface area contributed by atoms with Crippen LogP contribution in [0.4, 0.5) is 0 Å². The Hall–Kier alpha value is -1.35. The van der Waals surface area contributed by atoms with E-state index in [2.05, 4.69) is 31.2 Å². The molecule has 1 atom stereocenters. The molecule has 0 aliphatic carbocycles. The molecule has 1 unspecified atom stereocenters. The van der Waals surface area contributed by atoms with E-state index in [9.17, 15) is 4.79 Å². The van der Waals surface area contributed by atoms with Gasteiger partial charge in [-0.3, -0.25) is 4.79 Å². The monoisotopic (exact) mass is 246 g/mol. The average molecular weight is 246 g/mol. The van der Waals surface area contributed by atoms with Gasteiger partial charge in [-0.25, -0.2) is 0 Å². The van der Waals surface area contributed by atoms with Gasteiger partial charge in [-0.2, -0.15) is 0 Å². The number of carbonyl (C=O) groups is 1. The fourth-order valence-electron chi connectivity index (χ4n) is 2.43. The number of aryl methyl sites for hydroxylation is 1. The fourth-order valence-corrected chi connectivity index (χ4v) is 2.43. The number of likely N-dealkylation sites (tertiary alicyclic amines) is 1. The lowest BCUT2D eigenvalue weighted by Gasteiger charge is -2.16. The number of amides is 1. The minimum Gasteiger partial charge on any atom is -0.342 e. The van der Waals surface area contributed by atoms with Crippen LogP contribution in [0.3, 0.4) is 0 Å². The topological polar surface area (TPSA) is 46.3 Å². The zero-order valence-electron chi connectivity index (χ0n) is 11.1. The highest BCUT2D eigenvalue weighted by atomic mass is 16.2. The van der Waals surface area contributed by atoms with Crippen molar-refractivity contribution in [1.82, 2.24) is 4.90 Å². The molecule has 0 radical (unpaired) electrons. The van der Waals surface area contributed by atoms with Gasteiger partial charge in [-0.1, -0.05) is 31.2 Å². The normalized spacial score (nSPS) is 19.2. The Labute approximate surface area is 109 Å². The Bertz CT molecular complexity index is 399. The molecule has 2 N–H and O–H groups in total. The number of benzene rings is 1. The molecule has 1 saturated heterocycles. The summed E-state index contributed by atoms with van der Waals surface area (Å²) in [6.07, 6.45) is 2.61. The second-order valence-corrected chi connectivity index (χ2v) is 5.08. The van der Waals surface area contributed by atoms with Crippen LogP contribution in [0.5, 0.6) is 0 Å². The van der Waals surface area contributed by atoms with Gasteiger partial charge < -0.3 is 10.6 Å². The molecule has 1 aliphatic heterocycles. The van der Waals surface area contributed by atoms with Gasteiger partial charge in [-0.05, 0) is 36.4 Å². The predicted molar refractivity (Wildman–Crippen MR) is 73.3 cm³/mol.